The first-order valence-corrected chi connectivity index (χ1v) is 6.84. The lowest BCUT2D eigenvalue weighted by molar-refractivity contribution is 0.170. The van der Waals surface area contributed by atoms with Crippen LogP contribution in [-0.2, 0) is 10.3 Å². The predicted molar refractivity (Wildman–Crippen MR) is 68.5 cm³/mol. The zero-order valence-corrected chi connectivity index (χ0v) is 11.6. The summed E-state index contributed by atoms with van der Waals surface area (Å²) in [4.78, 5) is 14.6. The molecular formula is C13H11BrFNO3. The number of nitrogens with zero attached hydrogens (tertiary/aromatic N) is 1. The fourth-order valence-corrected chi connectivity index (χ4v) is 3.62. The molecule has 0 saturated heterocycles. The van der Waals surface area contributed by atoms with Crippen molar-refractivity contribution < 1.29 is 18.7 Å². The van der Waals surface area contributed by atoms with Crippen molar-refractivity contribution in [1.29, 1.82) is 0 Å². The highest BCUT2D eigenvalue weighted by molar-refractivity contribution is 9.10. The van der Waals surface area contributed by atoms with E-state index in [0.29, 0.717) is 28.6 Å². The van der Waals surface area contributed by atoms with Crippen molar-refractivity contribution in [2.75, 3.05) is 6.79 Å². The van der Waals surface area contributed by atoms with Crippen LogP contribution in [0.2, 0.25) is 0 Å². The van der Waals surface area contributed by atoms with Gasteiger partial charge in [-0.1, -0.05) is 28.8 Å². The zero-order chi connectivity index (χ0) is 13.5. The Morgan fingerprint density at radius 3 is 2.79 bits per heavy atom. The smallest absolute Gasteiger partial charge is 0.235 e. The third kappa shape index (κ3) is 1.86. The molecular weight excluding hydrogens is 317 g/mol. The number of carbonyl (C=O) groups excluding carboxylic acids is 1. The SMILES string of the molecule is O=C=NC1(c2c(Br)cc3c(c2F)OCO3)CCCC1. The first-order valence-electron chi connectivity index (χ1n) is 6.05. The van der Waals surface area contributed by atoms with E-state index in [2.05, 4.69) is 20.9 Å². The molecule has 4 nitrogen and oxygen atoms in total. The van der Waals surface area contributed by atoms with Crippen LogP contribution in [-0.4, -0.2) is 12.9 Å². The average molecular weight is 328 g/mol. The lowest BCUT2D eigenvalue weighted by atomic mass is 9.88. The van der Waals surface area contributed by atoms with E-state index in [4.69, 9.17) is 9.47 Å². The summed E-state index contributed by atoms with van der Waals surface area (Å²) in [5, 5.41) is 0. The van der Waals surface area contributed by atoms with Gasteiger partial charge in [-0.05, 0) is 18.9 Å². The van der Waals surface area contributed by atoms with Crippen LogP contribution >= 0.6 is 15.9 Å². The summed E-state index contributed by atoms with van der Waals surface area (Å²) in [6.07, 6.45) is 4.68. The van der Waals surface area contributed by atoms with Gasteiger partial charge >= 0.3 is 0 Å². The molecule has 1 fully saturated rings. The van der Waals surface area contributed by atoms with Crippen LogP contribution in [0.15, 0.2) is 15.5 Å². The molecule has 1 saturated carbocycles. The van der Waals surface area contributed by atoms with E-state index in [9.17, 15) is 9.18 Å². The summed E-state index contributed by atoms with van der Waals surface area (Å²) >= 11 is 3.35. The number of halogens is 2. The van der Waals surface area contributed by atoms with Gasteiger partial charge in [0.2, 0.25) is 18.6 Å². The van der Waals surface area contributed by atoms with Crippen molar-refractivity contribution in [3.8, 4) is 11.5 Å². The van der Waals surface area contributed by atoms with E-state index in [1.165, 1.54) is 0 Å². The molecule has 0 bridgehead atoms. The van der Waals surface area contributed by atoms with Gasteiger partial charge in [-0.25, -0.2) is 9.18 Å². The normalized spacial score (nSPS) is 19.3. The minimum atomic E-state index is -0.828. The number of hydrogen-bond donors (Lipinski definition) is 0. The second-order valence-corrected chi connectivity index (χ2v) is 5.58. The molecule has 3 rings (SSSR count). The Bertz CT molecular complexity index is 578. The molecule has 1 aliphatic carbocycles. The number of hydrogen-bond acceptors (Lipinski definition) is 4. The Balaban J connectivity index is 2.22. The zero-order valence-electron chi connectivity index (χ0n) is 10.0. The Labute approximate surface area is 117 Å². The maximum Gasteiger partial charge on any atom is 0.235 e. The van der Waals surface area contributed by atoms with E-state index in [0.717, 1.165) is 12.8 Å². The van der Waals surface area contributed by atoms with Crippen molar-refractivity contribution >= 4 is 22.0 Å². The number of fused-ring (bicyclic) bond motifs is 1. The lowest BCUT2D eigenvalue weighted by Crippen LogP contribution is -2.21. The summed E-state index contributed by atoms with van der Waals surface area (Å²) in [5.41, 5.74) is -0.455. The first kappa shape index (κ1) is 12.6. The molecule has 2 aliphatic rings. The van der Waals surface area contributed by atoms with E-state index in [1.807, 2.05) is 0 Å². The lowest BCUT2D eigenvalue weighted by Gasteiger charge is -2.25. The predicted octanol–water partition coefficient (Wildman–Crippen LogP) is 3.42. The fraction of sp³-hybridized carbons (Fsp3) is 0.462. The first-order chi connectivity index (χ1) is 9.18. The van der Waals surface area contributed by atoms with E-state index < -0.39 is 11.4 Å². The minimum absolute atomic E-state index is 0.00605. The van der Waals surface area contributed by atoms with Gasteiger partial charge in [-0.15, -0.1) is 0 Å². The summed E-state index contributed by atoms with van der Waals surface area (Å²) in [5.74, 6) is -0.0234. The monoisotopic (exact) mass is 327 g/mol. The van der Waals surface area contributed by atoms with Crippen molar-refractivity contribution in [2.24, 2.45) is 4.99 Å². The van der Waals surface area contributed by atoms with Crippen LogP contribution in [0.25, 0.3) is 0 Å². The number of benzene rings is 1. The largest absolute Gasteiger partial charge is 0.453 e. The molecule has 1 aromatic rings. The van der Waals surface area contributed by atoms with E-state index in [1.54, 1.807) is 12.1 Å². The molecule has 0 radical (unpaired) electrons. The Kier molecular flexibility index (Phi) is 3.07. The molecule has 1 aliphatic heterocycles. The van der Waals surface area contributed by atoms with Crippen LogP contribution in [0.4, 0.5) is 4.39 Å². The van der Waals surface area contributed by atoms with E-state index >= 15 is 0 Å². The molecule has 100 valence electrons. The van der Waals surface area contributed by atoms with Crippen molar-refractivity contribution in [3.05, 3.63) is 21.9 Å². The fourth-order valence-electron chi connectivity index (χ4n) is 2.86. The quantitative estimate of drug-likeness (QED) is 0.617. The van der Waals surface area contributed by atoms with Crippen LogP contribution < -0.4 is 9.47 Å². The highest BCUT2D eigenvalue weighted by Gasteiger charge is 2.42. The van der Waals surface area contributed by atoms with Crippen LogP contribution in [0.5, 0.6) is 11.5 Å². The molecule has 0 amide bonds. The summed E-state index contributed by atoms with van der Waals surface area (Å²) < 4.78 is 25.5. The van der Waals surface area contributed by atoms with Gasteiger partial charge in [0, 0.05) is 10.0 Å². The standard InChI is InChI=1S/C13H11BrFNO3/c14-8-5-9-12(19-7-18-9)11(15)10(8)13(16-6-17)3-1-2-4-13/h5H,1-4,7H2. The van der Waals surface area contributed by atoms with Gasteiger partial charge in [-0.2, -0.15) is 4.99 Å². The number of isocyanates is 1. The Hall–Kier alpha value is -1.39. The van der Waals surface area contributed by atoms with Gasteiger partial charge in [0.05, 0.1) is 0 Å². The van der Waals surface area contributed by atoms with Gasteiger partial charge in [-0.3, -0.25) is 0 Å². The second kappa shape index (κ2) is 4.62. The van der Waals surface area contributed by atoms with Crippen molar-refractivity contribution in [1.82, 2.24) is 0 Å². The number of aliphatic imine (C=N–C) groups is 1. The third-order valence-corrected chi connectivity index (χ3v) is 4.34. The molecule has 19 heavy (non-hydrogen) atoms. The molecule has 0 unspecified atom stereocenters. The number of ether oxygens (including phenoxy) is 2. The summed E-state index contributed by atoms with van der Waals surface area (Å²) in [7, 11) is 0. The molecule has 0 atom stereocenters. The molecule has 6 heteroatoms. The topological polar surface area (TPSA) is 47.9 Å². The Morgan fingerprint density at radius 2 is 2.11 bits per heavy atom. The maximum absolute atomic E-state index is 14.6. The molecule has 1 aromatic carbocycles. The maximum atomic E-state index is 14.6. The summed E-state index contributed by atoms with van der Waals surface area (Å²) in [6, 6.07) is 1.67. The van der Waals surface area contributed by atoms with Crippen LogP contribution in [0.1, 0.15) is 31.2 Å². The van der Waals surface area contributed by atoms with Crippen LogP contribution in [0, 0.1) is 5.82 Å². The molecule has 0 aromatic heterocycles. The van der Waals surface area contributed by atoms with Gasteiger partial charge < -0.3 is 9.47 Å². The molecule has 0 spiro atoms. The Morgan fingerprint density at radius 1 is 1.37 bits per heavy atom. The minimum Gasteiger partial charge on any atom is -0.453 e. The van der Waals surface area contributed by atoms with Gasteiger partial charge in [0.15, 0.2) is 11.6 Å². The van der Waals surface area contributed by atoms with Crippen molar-refractivity contribution in [2.45, 2.75) is 31.2 Å². The average Bonchev–Trinajstić information content (AvgIpc) is 2.99. The van der Waals surface area contributed by atoms with E-state index in [-0.39, 0.29) is 12.5 Å². The second-order valence-electron chi connectivity index (χ2n) is 4.72. The highest BCUT2D eigenvalue weighted by Crippen LogP contribution is 2.50. The molecule has 0 N–H and O–H groups in total. The highest BCUT2D eigenvalue weighted by atomic mass is 79.9. The summed E-state index contributed by atoms with van der Waals surface area (Å²) in [6.45, 7) is 0.00605. The molecule has 1 heterocycles. The van der Waals surface area contributed by atoms with Gasteiger partial charge in [0.1, 0.15) is 5.54 Å². The van der Waals surface area contributed by atoms with Crippen LogP contribution in [0.3, 0.4) is 0 Å². The third-order valence-electron chi connectivity index (χ3n) is 3.71. The van der Waals surface area contributed by atoms with Gasteiger partial charge in [0.25, 0.3) is 0 Å². The van der Waals surface area contributed by atoms with Crippen molar-refractivity contribution in [3.63, 3.8) is 0 Å². The number of rotatable bonds is 2.